The number of carbonyl (C=O) groups excluding carboxylic acids is 2. The molecular weight excluding hydrogens is 244 g/mol. The van der Waals surface area contributed by atoms with Crippen molar-refractivity contribution in [1.82, 2.24) is 0 Å². The van der Waals surface area contributed by atoms with Gasteiger partial charge in [0.2, 0.25) is 0 Å². The van der Waals surface area contributed by atoms with Crippen molar-refractivity contribution in [3.8, 4) is 0 Å². The zero-order chi connectivity index (χ0) is 14.3. The molecule has 0 unspecified atom stereocenters. The van der Waals surface area contributed by atoms with Gasteiger partial charge in [-0.15, -0.1) is 0 Å². The predicted octanol–water partition coefficient (Wildman–Crippen LogP) is 2.45. The second-order valence-electron chi connectivity index (χ2n) is 3.75. The fourth-order valence-corrected chi connectivity index (χ4v) is 1.47. The van der Waals surface area contributed by atoms with E-state index in [-0.39, 0.29) is 18.8 Å². The van der Waals surface area contributed by atoms with Crippen LogP contribution in [0, 0.1) is 0 Å². The number of esters is 2. The summed E-state index contributed by atoms with van der Waals surface area (Å²) in [5.74, 6) is -0.951. The van der Waals surface area contributed by atoms with Crippen molar-refractivity contribution in [2.24, 2.45) is 0 Å². The lowest BCUT2D eigenvalue weighted by atomic mass is 10.0. The van der Waals surface area contributed by atoms with Gasteiger partial charge in [0.1, 0.15) is 13.2 Å². The average Bonchev–Trinajstić information content (AvgIpc) is 2.42. The van der Waals surface area contributed by atoms with Crippen LogP contribution in [0.2, 0.25) is 0 Å². The second kappa shape index (κ2) is 7.16. The molecule has 0 spiro atoms. The highest BCUT2D eigenvalue weighted by molar-refractivity contribution is 6.16. The maximum absolute atomic E-state index is 11.8. The van der Waals surface area contributed by atoms with Crippen LogP contribution in [0.3, 0.4) is 0 Å². The molecule has 0 aromatic heterocycles. The van der Waals surface area contributed by atoms with Crippen molar-refractivity contribution in [3.63, 3.8) is 0 Å². The minimum absolute atomic E-state index is 0.00763. The van der Waals surface area contributed by atoms with E-state index in [0.29, 0.717) is 5.56 Å². The minimum Gasteiger partial charge on any atom is -0.462 e. The molecule has 1 aromatic carbocycles. The topological polar surface area (TPSA) is 52.6 Å². The average molecular weight is 260 g/mol. The van der Waals surface area contributed by atoms with Crippen LogP contribution < -0.4 is 0 Å². The van der Waals surface area contributed by atoms with Crippen molar-refractivity contribution < 1.29 is 19.1 Å². The molecule has 100 valence electrons. The molecule has 0 saturated heterocycles. The predicted molar refractivity (Wildman–Crippen MR) is 73.2 cm³/mol. The normalized spacial score (nSPS) is 9.53. The first-order valence-electron chi connectivity index (χ1n) is 5.77. The fraction of sp³-hybridized carbons (Fsp3) is 0.200. The van der Waals surface area contributed by atoms with Crippen molar-refractivity contribution in [3.05, 3.63) is 48.6 Å². The van der Waals surface area contributed by atoms with Crippen LogP contribution in [0.25, 0.3) is 11.6 Å². The Labute approximate surface area is 112 Å². The van der Waals surface area contributed by atoms with E-state index in [1.54, 1.807) is 18.2 Å². The maximum atomic E-state index is 11.8. The van der Waals surface area contributed by atoms with E-state index in [1.807, 2.05) is 12.1 Å². The van der Waals surface area contributed by atoms with Gasteiger partial charge in [0.15, 0.2) is 0 Å². The molecule has 0 N–H and O–H groups in total. The van der Waals surface area contributed by atoms with Crippen LogP contribution in [-0.4, -0.2) is 25.2 Å². The molecule has 0 aliphatic carbocycles. The van der Waals surface area contributed by atoms with Gasteiger partial charge in [-0.1, -0.05) is 43.5 Å². The molecule has 0 fully saturated rings. The Morgan fingerprint density at radius 3 is 2.47 bits per heavy atom. The number of benzene rings is 1. The number of rotatable bonds is 6. The number of ether oxygens (including phenoxy) is 2. The molecular formula is C15H16O4. The molecule has 0 aliphatic rings. The summed E-state index contributed by atoms with van der Waals surface area (Å²) >= 11 is 0. The Morgan fingerprint density at radius 2 is 1.84 bits per heavy atom. The molecule has 0 amide bonds. The molecule has 0 aliphatic heterocycles. The molecule has 0 saturated carbocycles. The van der Waals surface area contributed by atoms with Crippen LogP contribution in [0.15, 0.2) is 37.4 Å². The van der Waals surface area contributed by atoms with Crippen LogP contribution in [0.4, 0.5) is 0 Å². The Hall–Kier alpha value is -2.36. The Balaban J connectivity index is 2.59. The number of hydrogen-bond donors (Lipinski definition) is 0. The van der Waals surface area contributed by atoms with Crippen molar-refractivity contribution in [1.29, 1.82) is 0 Å². The summed E-state index contributed by atoms with van der Waals surface area (Å²) in [7, 11) is 0. The van der Waals surface area contributed by atoms with Crippen molar-refractivity contribution >= 4 is 23.6 Å². The summed E-state index contributed by atoms with van der Waals surface area (Å²) in [6, 6.07) is 7.26. The lowest BCUT2D eigenvalue weighted by molar-refractivity contribution is -0.147. The third-order valence-corrected chi connectivity index (χ3v) is 2.37. The zero-order valence-corrected chi connectivity index (χ0v) is 10.8. The summed E-state index contributed by atoms with van der Waals surface area (Å²) in [6.07, 6.45) is 1.65. The maximum Gasteiger partial charge on any atom is 0.338 e. The second-order valence-corrected chi connectivity index (χ2v) is 3.75. The third kappa shape index (κ3) is 4.43. The molecule has 1 rings (SSSR count). The van der Waals surface area contributed by atoms with Crippen LogP contribution in [-0.2, 0) is 19.1 Å². The van der Waals surface area contributed by atoms with Gasteiger partial charge in [-0.2, -0.15) is 0 Å². The first-order chi connectivity index (χ1) is 9.06. The van der Waals surface area contributed by atoms with E-state index in [0.717, 1.165) is 5.56 Å². The summed E-state index contributed by atoms with van der Waals surface area (Å²) in [4.78, 5) is 22.3. The molecule has 19 heavy (non-hydrogen) atoms. The van der Waals surface area contributed by atoms with Gasteiger partial charge in [-0.25, -0.2) is 4.79 Å². The highest BCUT2D eigenvalue weighted by Gasteiger charge is 2.13. The van der Waals surface area contributed by atoms with E-state index < -0.39 is 11.9 Å². The van der Waals surface area contributed by atoms with Gasteiger partial charge >= 0.3 is 11.9 Å². The van der Waals surface area contributed by atoms with E-state index in [2.05, 4.69) is 17.9 Å². The van der Waals surface area contributed by atoms with E-state index >= 15 is 0 Å². The van der Waals surface area contributed by atoms with Crippen molar-refractivity contribution in [2.45, 2.75) is 6.92 Å². The highest BCUT2D eigenvalue weighted by atomic mass is 16.6. The van der Waals surface area contributed by atoms with Gasteiger partial charge in [0, 0.05) is 6.92 Å². The molecule has 0 bridgehead atoms. The SMILES string of the molecule is C=Cc1ccccc1C(=C)C(=O)OCCOC(C)=O. The standard InChI is InChI=1S/C15H16O4/c1-4-13-7-5-6-8-14(13)11(2)15(17)19-10-9-18-12(3)16/h4-8H,1-2,9-10H2,3H3. The molecule has 0 radical (unpaired) electrons. The van der Waals surface area contributed by atoms with Crippen LogP contribution in [0.1, 0.15) is 18.1 Å². The Morgan fingerprint density at radius 1 is 1.21 bits per heavy atom. The smallest absolute Gasteiger partial charge is 0.338 e. The summed E-state index contributed by atoms with van der Waals surface area (Å²) in [6.45, 7) is 8.73. The van der Waals surface area contributed by atoms with Gasteiger partial charge in [0.25, 0.3) is 0 Å². The van der Waals surface area contributed by atoms with Gasteiger partial charge in [-0.05, 0) is 11.1 Å². The van der Waals surface area contributed by atoms with Crippen LogP contribution >= 0.6 is 0 Å². The molecule has 0 heterocycles. The first kappa shape index (κ1) is 14.7. The third-order valence-electron chi connectivity index (χ3n) is 2.37. The van der Waals surface area contributed by atoms with E-state index in [4.69, 9.17) is 4.74 Å². The number of hydrogen-bond acceptors (Lipinski definition) is 4. The highest BCUT2D eigenvalue weighted by Crippen LogP contribution is 2.19. The number of carbonyl (C=O) groups is 2. The molecule has 4 heteroatoms. The molecule has 1 aromatic rings. The van der Waals surface area contributed by atoms with Crippen LogP contribution in [0.5, 0.6) is 0 Å². The van der Waals surface area contributed by atoms with Gasteiger partial charge in [-0.3, -0.25) is 4.79 Å². The summed E-state index contributed by atoms with van der Waals surface area (Å²) in [5, 5.41) is 0. The van der Waals surface area contributed by atoms with E-state index in [1.165, 1.54) is 6.92 Å². The molecule has 0 atom stereocenters. The Kier molecular flexibility index (Phi) is 5.54. The van der Waals surface area contributed by atoms with Crippen molar-refractivity contribution in [2.75, 3.05) is 13.2 Å². The van der Waals surface area contributed by atoms with E-state index in [9.17, 15) is 9.59 Å². The lowest BCUT2D eigenvalue weighted by Gasteiger charge is -2.09. The fourth-order valence-electron chi connectivity index (χ4n) is 1.47. The van der Waals surface area contributed by atoms with Gasteiger partial charge < -0.3 is 9.47 Å². The monoisotopic (exact) mass is 260 g/mol. The summed E-state index contributed by atoms with van der Waals surface area (Å²) < 4.78 is 9.62. The Bertz CT molecular complexity index is 503. The summed E-state index contributed by atoms with van der Waals surface area (Å²) in [5.41, 5.74) is 1.73. The minimum atomic E-state index is -0.540. The largest absolute Gasteiger partial charge is 0.462 e. The zero-order valence-electron chi connectivity index (χ0n) is 10.8. The van der Waals surface area contributed by atoms with Gasteiger partial charge in [0.05, 0.1) is 5.57 Å². The lowest BCUT2D eigenvalue weighted by Crippen LogP contribution is -2.13. The molecule has 4 nitrogen and oxygen atoms in total. The first-order valence-corrected chi connectivity index (χ1v) is 5.77. The quantitative estimate of drug-likeness (QED) is 0.448.